The van der Waals surface area contributed by atoms with Gasteiger partial charge in [0.15, 0.2) is 0 Å². The number of imidazole rings is 1. The van der Waals surface area contributed by atoms with E-state index in [0.717, 1.165) is 35.3 Å². The van der Waals surface area contributed by atoms with Crippen LogP contribution in [0.2, 0.25) is 0 Å². The van der Waals surface area contributed by atoms with Gasteiger partial charge in [-0.1, -0.05) is 78.9 Å². The normalized spacial score (nSPS) is 14.9. The molecule has 1 aliphatic rings. The number of benzene rings is 3. The molecular formula is C30H30N4O3. The van der Waals surface area contributed by atoms with E-state index in [-0.39, 0.29) is 30.9 Å². The molecule has 1 N–H and O–H groups in total. The third-order valence-corrected chi connectivity index (χ3v) is 6.39. The minimum atomic E-state index is -0.304. The maximum atomic E-state index is 13.3. The Labute approximate surface area is 216 Å². The van der Waals surface area contributed by atoms with Gasteiger partial charge >= 0.3 is 0 Å². The van der Waals surface area contributed by atoms with Crippen molar-refractivity contribution in [1.82, 2.24) is 14.5 Å². The van der Waals surface area contributed by atoms with Gasteiger partial charge in [-0.25, -0.2) is 4.98 Å². The van der Waals surface area contributed by atoms with Gasteiger partial charge in [-0.3, -0.25) is 19.5 Å². The molecule has 1 aromatic heterocycles. The van der Waals surface area contributed by atoms with Crippen molar-refractivity contribution in [3.63, 3.8) is 0 Å². The third kappa shape index (κ3) is 6.32. The van der Waals surface area contributed by atoms with Crippen molar-refractivity contribution in [2.24, 2.45) is 0 Å². The van der Waals surface area contributed by atoms with Crippen LogP contribution < -0.4 is 5.32 Å². The molecule has 5 rings (SSSR count). The van der Waals surface area contributed by atoms with Crippen molar-refractivity contribution in [1.29, 1.82) is 0 Å². The molecule has 1 unspecified atom stereocenters. The first kappa shape index (κ1) is 24.5. The lowest BCUT2D eigenvalue weighted by atomic mass is 10.1. The molecule has 0 bridgehead atoms. The zero-order valence-corrected chi connectivity index (χ0v) is 20.6. The number of carbonyl (C=O) groups is 2. The van der Waals surface area contributed by atoms with Crippen LogP contribution in [0.1, 0.15) is 18.4 Å². The minimum absolute atomic E-state index is 0.0523. The van der Waals surface area contributed by atoms with Gasteiger partial charge < -0.3 is 9.64 Å². The molecule has 4 aromatic rings. The summed E-state index contributed by atoms with van der Waals surface area (Å²) in [6, 6.07) is 29.1. The molecule has 1 saturated heterocycles. The first-order valence-corrected chi connectivity index (χ1v) is 12.6. The van der Waals surface area contributed by atoms with Gasteiger partial charge in [0.1, 0.15) is 6.54 Å². The van der Waals surface area contributed by atoms with E-state index in [1.165, 1.54) is 0 Å². The molecule has 3 aromatic carbocycles. The second-order valence-electron chi connectivity index (χ2n) is 9.14. The number of nitrogens with one attached hydrogen (secondary N) is 1. The lowest BCUT2D eigenvalue weighted by Gasteiger charge is -2.25. The number of para-hydroxylation sites is 1. The summed E-state index contributed by atoms with van der Waals surface area (Å²) in [5.74, 6) is -0.00217. The molecule has 0 saturated carbocycles. The zero-order valence-electron chi connectivity index (χ0n) is 20.6. The summed E-state index contributed by atoms with van der Waals surface area (Å²) in [4.78, 5) is 32.8. The number of hydrogen-bond acceptors (Lipinski definition) is 4. The van der Waals surface area contributed by atoms with Gasteiger partial charge in [-0.05, 0) is 30.5 Å². The second-order valence-corrected chi connectivity index (χ2v) is 9.14. The van der Waals surface area contributed by atoms with Gasteiger partial charge in [-0.2, -0.15) is 0 Å². The molecule has 7 nitrogen and oxygen atoms in total. The highest BCUT2D eigenvalue weighted by Gasteiger charge is 2.25. The van der Waals surface area contributed by atoms with Crippen molar-refractivity contribution in [2.45, 2.75) is 25.4 Å². The quantitative estimate of drug-likeness (QED) is 0.365. The van der Waals surface area contributed by atoms with Crippen LogP contribution in [-0.4, -0.2) is 52.1 Å². The zero-order chi connectivity index (χ0) is 25.5. The van der Waals surface area contributed by atoms with Crippen molar-refractivity contribution < 1.29 is 14.3 Å². The molecule has 2 heterocycles. The molecule has 1 atom stereocenters. The fraction of sp³-hybridized carbons (Fsp3) is 0.233. The number of ether oxygens (including phenoxy) is 1. The summed E-state index contributed by atoms with van der Waals surface area (Å²) >= 11 is 0. The van der Waals surface area contributed by atoms with Crippen molar-refractivity contribution in [3.05, 3.63) is 103 Å². The van der Waals surface area contributed by atoms with E-state index in [0.29, 0.717) is 19.1 Å². The van der Waals surface area contributed by atoms with Crippen LogP contribution >= 0.6 is 0 Å². The number of carbonyl (C=O) groups excluding carboxylic acids is 2. The van der Waals surface area contributed by atoms with Crippen LogP contribution in [0.4, 0.5) is 5.95 Å². The largest absolute Gasteiger partial charge is 0.376 e. The Bertz CT molecular complexity index is 1320. The highest BCUT2D eigenvalue weighted by atomic mass is 16.5. The molecule has 1 fully saturated rings. The van der Waals surface area contributed by atoms with E-state index in [4.69, 9.17) is 9.72 Å². The van der Waals surface area contributed by atoms with Crippen LogP contribution in [-0.2, 0) is 20.7 Å². The fourth-order valence-corrected chi connectivity index (χ4v) is 4.51. The molecular weight excluding hydrogens is 464 g/mol. The SMILES string of the molecule is O=C(CN(CC1CCCO1)C(=O)Cc1ccccc1)Nc1nc(-c2ccccc2)cn1-c1ccccc1. The summed E-state index contributed by atoms with van der Waals surface area (Å²) in [5.41, 5.74) is 3.49. The summed E-state index contributed by atoms with van der Waals surface area (Å²) in [7, 11) is 0. The van der Waals surface area contributed by atoms with Gasteiger partial charge in [0.2, 0.25) is 17.8 Å². The highest BCUT2D eigenvalue weighted by Crippen LogP contribution is 2.24. The Balaban J connectivity index is 1.36. The Hall–Kier alpha value is -4.23. The van der Waals surface area contributed by atoms with E-state index < -0.39 is 0 Å². The topological polar surface area (TPSA) is 76.5 Å². The summed E-state index contributed by atoms with van der Waals surface area (Å²) in [6.07, 6.45) is 3.94. The summed E-state index contributed by atoms with van der Waals surface area (Å²) in [6.45, 7) is 1.00. The smallest absolute Gasteiger partial charge is 0.246 e. The maximum Gasteiger partial charge on any atom is 0.246 e. The lowest BCUT2D eigenvalue weighted by Crippen LogP contribution is -2.43. The Morgan fingerprint density at radius 3 is 2.30 bits per heavy atom. The van der Waals surface area contributed by atoms with E-state index in [2.05, 4.69) is 5.32 Å². The van der Waals surface area contributed by atoms with Crippen LogP contribution in [0.15, 0.2) is 97.2 Å². The first-order chi connectivity index (χ1) is 18.2. The third-order valence-electron chi connectivity index (χ3n) is 6.39. The van der Waals surface area contributed by atoms with Crippen LogP contribution in [0.3, 0.4) is 0 Å². The summed E-state index contributed by atoms with van der Waals surface area (Å²) in [5, 5.41) is 2.95. The Morgan fingerprint density at radius 2 is 1.62 bits per heavy atom. The first-order valence-electron chi connectivity index (χ1n) is 12.6. The minimum Gasteiger partial charge on any atom is -0.376 e. The number of nitrogens with zero attached hydrogens (tertiary/aromatic N) is 3. The second kappa shape index (κ2) is 11.7. The lowest BCUT2D eigenvalue weighted by molar-refractivity contribution is -0.135. The molecule has 188 valence electrons. The van der Waals surface area contributed by atoms with E-state index >= 15 is 0 Å². The monoisotopic (exact) mass is 494 g/mol. The van der Waals surface area contributed by atoms with Crippen LogP contribution in [0, 0.1) is 0 Å². The van der Waals surface area contributed by atoms with Gasteiger partial charge in [0.25, 0.3) is 0 Å². The standard InChI is InChI=1S/C30H30N4O3/c35-28(22-33(20-26-17-10-18-37-26)29(36)19-23-11-4-1-5-12-23)32-30-31-27(24-13-6-2-7-14-24)21-34(30)25-15-8-3-9-16-25/h1-9,11-16,21,26H,10,17-20,22H2,(H,31,32,35). The molecule has 7 heteroatoms. The number of rotatable bonds is 9. The number of amides is 2. The molecule has 0 spiro atoms. The number of aromatic nitrogens is 2. The average molecular weight is 495 g/mol. The number of hydrogen-bond donors (Lipinski definition) is 1. The Kier molecular flexibility index (Phi) is 7.72. The molecule has 0 aliphatic carbocycles. The highest BCUT2D eigenvalue weighted by molar-refractivity contribution is 5.94. The summed E-state index contributed by atoms with van der Waals surface area (Å²) < 4.78 is 7.63. The average Bonchev–Trinajstić information content (AvgIpc) is 3.60. The van der Waals surface area contributed by atoms with Gasteiger partial charge in [0, 0.05) is 30.6 Å². The van der Waals surface area contributed by atoms with Crippen molar-refractivity contribution in [3.8, 4) is 16.9 Å². The van der Waals surface area contributed by atoms with E-state index in [9.17, 15) is 9.59 Å². The number of anilines is 1. The van der Waals surface area contributed by atoms with Crippen molar-refractivity contribution in [2.75, 3.05) is 25.0 Å². The Morgan fingerprint density at radius 1 is 0.946 bits per heavy atom. The van der Waals surface area contributed by atoms with Crippen LogP contribution in [0.25, 0.3) is 16.9 Å². The molecule has 37 heavy (non-hydrogen) atoms. The predicted molar refractivity (Wildman–Crippen MR) is 143 cm³/mol. The maximum absolute atomic E-state index is 13.3. The molecule has 2 amide bonds. The van der Waals surface area contributed by atoms with E-state index in [1.807, 2.05) is 102 Å². The fourth-order valence-electron chi connectivity index (χ4n) is 4.51. The van der Waals surface area contributed by atoms with Crippen LogP contribution in [0.5, 0.6) is 0 Å². The van der Waals surface area contributed by atoms with Gasteiger partial charge in [-0.15, -0.1) is 0 Å². The van der Waals surface area contributed by atoms with E-state index in [1.54, 1.807) is 4.90 Å². The van der Waals surface area contributed by atoms with Crippen molar-refractivity contribution >= 4 is 17.8 Å². The molecule has 1 aliphatic heterocycles. The molecule has 0 radical (unpaired) electrons. The van der Waals surface area contributed by atoms with Gasteiger partial charge in [0.05, 0.1) is 18.2 Å². The predicted octanol–water partition coefficient (Wildman–Crippen LogP) is 4.73.